The molecule has 3 aliphatic rings. The minimum atomic E-state index is -4.85. The number of nitrogens with zero attached hydrogens (tertiary/aromatic N) is 3. The van der Waals surface area contributed by atoms with Crippen LogP contribution in [-0.2, 0) is 11.3 Å². The van der Waals surface area contributed by atoms with Gasteiger partial charge in [-0.15, -0.1) is 13.2 Å². The quantitative estimate of drug-likeness (QED) is 0.173. The first-order valence-electron chi connectivity index (χ1n) is 14.7. The monoisotopic (exact) mass is 642 g/mol. The topological polar surface area (TPSA) is 107 Å². The highest BCUT2D eigenvalue weighted by Crippen LogP contribution is 2.47. The van der Waals surface area contributed by atoms with Crippen LogP contribution < -0.4 is 15.3 Å². The van der Waals surface area contributed by atoms with Crippen molar-refractivity contribution >= 4 is 26.7 Å². The number of nitrogens with one attached hydrogen (secondary N) is 1. The number of aromatic nitrogens is 3. The lowest BCUT2D eigenvalue weighted by Gasteiger charge is -2.38. The van der Waals surface area contributed by atoms with Gasteiger partial charge in [0.15, 0.2) is 10.9 Å². The van der Waals surface area contributed by atoms with E-state index in [1.54, 1.807) is 12.1 Å². The lowest BCUT2D eigenvalue weighted by molar-refractivity contribution is -0.274. The fraction of sp³-hybridized carbons (Fsp3) is 0.387. The van der Waals surface area contributed by atoms with Crippen molar-refractivity contribution in [3.8, 4) is 28.3 Å². The number of rotatable bonds is 8. The number of aromatic amines is 1. The van der Waals surface area contributed by atoms with Gasteiger partial charge in [-0.1, -0.05) is 28.6 Å². The van der Waals surface area contributed by atoms with Crippen molar-refractivity contribution in [2.45, 2.75) is 75.6 Å². The van der Waals surface area contributed by atoms with Gasteiger partial charge in [0.25, 0.3) is 0 Å². The molecule has 0 amide bonds. The maximum absolute atomic E-state index is 15.1. The first kappa shape index (κ1) is 28.3. The van der Waals surface area contributed by atoms with Crippen LogP contribution in [0, 0.1) is 5.82 Å². The molecule has 3 fully saturated rings. The largest absolute Gasteiger partial charge is 0.573 e. The molecular weight excluding hydrogens is 616 g/mol. The summed E-state index contributed by atoms with van der Waals surface area (Å²) in [6.45, 7) is 0.153. The summed E-state index contributed by atoms with van der Waals surface area (Å²) in [7, 11) is 0. The van der Waals surface area contributed by atoms with Crippen LogP contribution in [0.25, 0.3) is 32.7 Å². The number of fused-ring (bicyclic) bond motifs is 3. The molecule has 0 spiro atoms. The van der Waals surface area contributed by atoms with E-state index < -0.39 is 17.8 Å². The molecule has 1 saturated carbocycles. The number of alkyl halides is 3. The van der Waals surface area contributed by atoms with Crippen molar-refractivity contribution in [2.24, 2.45) is 0 Å². The second-order valence-electron chi connectivity index (χ2n) is 11.8. The molecular formula is C31H26F4N4O5S. The van der Waals surface area contributed by atoms with Crippen molar-refractivity contribution in [2.75, 3.05) is 4.90 Å². The minimum Gasteiger partial charge on any atom is -0.405 e. The third-order valence-corrected chi connectivity index (χ3v) is 9.80. The third-order valence-electron chi connectivity index (χ3n) is 8.78. The van der Waals surface area contributed by atoms with E-state index in [2.05, 4.69) is 24.9 Å². The van der Waals surface area contributed by atoms with Gasteiger partial charge in [-0.2, -0.15) is 0 Å². The molecule has 2 aromatic carbocycles. The molecule has 2 saturated heterocycles. The molecule has 5 heterocycles. The number of hydrogen-bond acceptors (Lipinski definition) is 9. The van der Waals surface area contributed by atoms with E-state index in [-0.39, 0.29) is 47.5 Å². The molecule has 5 aromatic rings. The molecule has 234 valence electrons. The highest BCUT2D eigenvalue weighted by Gasteiger charge is 2.43. The van der Waals surface area contributed by atoms with E-state index in [9.17, 15) is 18.0 Å². The average Bonchev–Trinajstić information content (AvgIpc) is 3.28. The summed E-state index contributed by atoms with van der Waals surface area (Å²) in [6, 6.07) is 10.6. The summed E-state index contributed by atoms with van der Waals surface area (Å²) in [5, 5.41) is 7.44. The van der Waals surface area contributed by atoms with Gasteiger partial charge >= 0.3 is 12.0 Å². The molecule has 2 aliphatic heterocycles. The zero-order chi connectivity index (χ0) is 30.9. The molecule has 45 heavy (non-hydrogen) atoms. The molecule has 1 aliphatic carbocycles. The van der Waals surface area contributed by atoms with Gasteiger partial charge in [0.1, 0.15) is 22.7 Å². The normalized spacial score (nSPS) is 21.6. The Bertz CT molecular complexity index is 1930. The van der Waals surface area contributed by atoms with Crippen molar-refractivity contribution in [1.82, 2.24) is 15.3 Å². The summed E-state index contributed by atoms with van der Waals surface area (Å²) in [6.07, 6.45) is 0.250. The number of thiazole rings is 1. The Labute approximate surface area is 256 Å². The Morgan fingerprint density at radius 1 is 1.07 bits per heavy atom. The smallest absolute Gasteiger partial charge is 0.405 e. The highest BCUT2D eigenvalue weighted by molar-refractivity contribution is 7.22. The lowest BCUT2D eigenvalue weighted by atomic mass is 10.00. The first-order chi connectivity index (χ1) is 21.7. The summed E-state index contributed by atoms with van der Waals surface area (Å²) >= 11 is 1.41. The fourth-order valence-electron chi connectivity index (χ4n) is 6.66. The Balaban J connectivity index is 1.01. The third kappa shape index (κ3) is 5.39. The van der Waals surface area contributed by atoms with Crippen molar-refractivity contribution < 1.29 is 36.1 Å². The van der Waals surface area contributed by atoms with E-state index in [1.807, 2.05) is 0 Å². The summed E-state index contributed by atoms with van der Waals surface area (Å²) in [4.78, 5) is 18.4. The number of halogens is 4. The number of benzene rings is 2. The fourth-order valence-corrected chi connectivity index (χ4v) is 7.82. The summed E-state index contributed by atoms with van der Waals surface area (Å²) in [5.74, 6) is 0.0105. The van der Waals surface area contributed by atoms with Crippen LogP contribution in [-0.4, -0.2) is 39.8 Å². The van der Waals surface area contributed by atoms with Gasteiger partial charge in [0, 0.05) is 34.7 Å². The van der Waals surface area contributed by atoms with Crippen molar-refractivity contribution in [3.05, 3.63) is 70.0 Å². The predicted octanol–water partition coefficient (Wildman–Crippen LogP) is 7.53. The number of hydrogen-bond donors (Lipinski definition) is 1. The highest BCUT2D eigenvalue weighted by atomic mass is 32.1. The zero-order valence-electron chi connectivity index (χ0n) is 23.6. The Hall–Kier alpha value is -4.17. The first-order valence-corrected chi connectivity index (χ1v) is 15.5. The van der Waals surface area contributed by atoms with E-state index in [0.717, 1.165) is 43.7 Å². The molecule has 0 radical (unpaired) electrons. The van der Waals surface area contributed by atoms with Crippen LogP contribution in [0.5, 0.6) is 5.75 Å². The molecule has 2 bridgehead atoms. The number of para-hydroxylation sites is 1. The van der Waals surface area contributed by atoms with E-state index >= 15 is 4.39 Å². The Morgan fingerprint density at radius 3 is 2.56 bits per heavy atom. The van der Waals surface area contributed by atoms with Crippen LogP contribution in [0.15, 0.2) is 56.3 Å². The van der Waals surface area contributed by atoms with Gasteiger partial charge in [-0.3, -0.25) is 0 Å². The second kappa shape index (κ2) is 10.7. The molecule has 2 atom stereocenters. The molecule has 1 N–H and O–H groups in total. The average molecular weight is 643 g/mol. The number of piperidine rings is 1. The van der Waals surface area contributed by atoms with Crippen LogP contribution in [0.2, 0.25) is 0 Å². The van der Waals surface area contributed by atoms with Crippen molar-refractivity contribution in [1.29, 1.82) is 0 Å². The maximum atomic E-state index is 15.1. The van der Waals surface area contributed by atoms with E-state index in [4.69, 9.17) is 13.8 Å². The van der Waals surface area contributed by atoms with Gasteiger partial charge < -0.3 is 23.4 Å². The maximum Gasteiger partial charge on any atom is 0.573 e. The van der Waals surface area contributed by atoms with Gasteiger partial charge in [0.05, 0.1) is 29.2 Å². The lowest BCUT2D eigenvalue weighted by Crippen LogP contribution is -2.45. The number of H-pyrrole nitrogens is 1. The molecule has 9 nitrogen and oxygen atoms in total. The zero-order valence-corrected chi connectivity index (χ0v) is 24.4. The number of anilines is 1. The molecule has 14 heteroatoms. The standard InChI is InChI=1S/C31H26F4N4O5S/c32-22-9-16(23-13-26(40)43-37-23)10-25-28(22)36-30(45-25)39-17-7-8-18(39)12-19(11-17)41-14-21-27(38-44-29(21)15-5-6-15)20-3-1-2-4-24(20)42-31(33,34)35/h1-4,9-10,13,15,17-19,37H,5-8,11-12,14H2. The van der Waals surface area contributed by atoms with Gasteiger partial charge in [-0.05, 0) is 62.8 Å². The number of ether oxygens (including phenoxy) is 2. The molecule has 3 aromatic heterocycles. The predicted molar refractivity (Wildman–Crippen MR) is 156 cm³/mol. The SMILES string of the molecule is O=c1cc(-c2cc(F)c3nc(N4C5CCC4CC(OCc4c(-c6ccccc6OC(F)(F)F)noc4C4CC4)C5)sc3c2)[nH]o1. The minimum absolute atomic E-state index is 0.0918. The van der Waals surface area contributed by atoms with E-state index in [1.165, 1.54) is 41.7 Å². The van der Waals surface area contributed by atoms with Crippen LogP contribution in [0.1, 0.15) is 55.8 Å². The van der Waals surface area contributed by atoms with Crippen molar-refractivity contribution in [3.63, 3.8) is 0 Å². The summed E-state index contributed by atoms with van der Waals surface area (Å²) in [5.41, 5.74) is 1.79. The van der Waals surface area contributed by atoms with E-state index in [0.29, 0.717) is 33.0 Å². The van der Waals surface area contributed by atoms with Gasteiger partial charge in [0.2, 0.25) is 0 Å². The van der Waals surface area contributed by atoms with Crippen LogP contribution in [0.4, 0.5) is 22.7 Å². The summed E-state index contributed by atoms with van der Waals surface area (Å²) < 4.78 is 76.3. The Morgan fingerprint density at radius 2 is 1.84 bits per heavy atom. The Kier molecular flexibility index (Phi) is 6.75. The second-order valence-corrected chi connectivity index (χ2v) is 12.8. The molecule has 2 unspecified atom stereocenters. The molecule has 8 rings (SSSR count). The van der Waals surface area contributed by atoms with Crippen LogP contribution in [0.3, 0.4) is 0 Å². The van der Waals surface area contributed by atoms with Crippen LogP contribution >= 0.6 is 11.3 Å². The van der Waals surface area contributed by atoms with Gasteiger partial charge in [-0.25, -0.2) is 19.3 Å².